The van der Waals surface area contributed by atoms with E-state index in [1.54, 1.807) is 18.2 Å². The van der Waals surface area contributed by atoms with Crippen LogP contribution in [0.1, 0.15) is 36.0 Å². The molecule has 0 unspecified atom stereocenters. The molecule has 0 fully saturated rings. The second-order valence-corrected chi connectivity index (χ2v) is 13.9. The standard InChI is InChI=1S/C37H29N2O.C12H10N.Ir/c1-37(2,3)27-21-22-34-30(23-27)31(24-40-34)36-38-32-19-10-11-20-33(32)39(36)35-28(25-13-6-4-7-14-25)17-12-18-29(35)26-15-8-5-9-16-26;1-10-7-8-12(13-9-10)11-5-3-2-4-6-11;/h4-23H,1-3H3;2-5,7-9H,1H3;/q2*-1;/i;1D3;. The van der Waals surface area contributed by atoms with Gasteiger partial charge in [-0.2, -0.15) is 0 Å². The number of fused-ring (bicyclic) bond motifs is 2. The van der Waals surface area contributed by atoms with Crippen LogP contribution in [0.15, 0.2) is 168 Å². The molecule has 1 radical (unpaired) electrons. The Kier molecular flexibility index (Phi) is 9.47. The molecule has 3 heterocycles. The Morgan fingerprint density at radius 2 is 1.39 bits per heavy atom. The number of benzene rings is 6. The number of aromatic nitrogens is 3. The zero-order valence-electron chi connectivity index (χ0n) is 33.2. The Hall–Kier alpha value is -5.87. The second kappa shape index (κ2) is 15.6. The van der Waals surface area contributed by atoms with Crippen LogP contribution < -0.4 is 0 Å². The summed E-state index contributed by atoms with van der Waals surface area (Å²) in [5, 5.41) is 1.02. The van der Waals surface area contributed by atoms with E-state index >= 15 is 0 Å². The summed E-state index contributed by atoms with van der Waals surface area (Å²) < 4.78 is 30.0. The van der Waals surface area contributed by atoms with Gasteiger partial charge in [-0.1, -0.05) is 159 Å². The minimum atomic E-state index is -2.09. The van der Waals surface area contributed by atoms with Crippen LogP contribution in [0.2, 0.25) is 0 Å². The van der Waals surface area contributed by atoms with E-state index in [0.717, 1.165) is 72.6 Å². The zero-order valence-corrected chi connectivity index (χ0v) is 32.6. The fourth-order valence-corrected chi connectivity index (χ4v) is 6.62. The number of hydrogen-bond acceptors (Lipinski definition) is 3. The zero-order chi connectivity index (χ0) is 38.9. The van der Waals surface area contributed by atoms with Crippen LogP contribution in [0.25, 0.3) is 72.6 Å². The summed E-state index contributed by atoms with van der Waals surface area (Å²) in [7, 11) is 0. The summed E-state index contributed by atoms with van der Waals surface area (Å²) in [6.07, 6.45) is 4.63. The first-order chi connectivity index (χ1) is 27.1. The Bertz CT molecular complexity index is 2700. The van der Waals surface area contributed by atoms with Crippen LogP contribution in [0, 0.1) is 19.2 Å². The molecule has 0 bridgehead atoms. The number of pyridine rings is 1. The molecule has 0 N–H and O–H groups in total. The van der Waals surface area contributed by atoms with E-state index in [2.05, 4.69) is 158 Å². The third-order valence-corrected chi connectivity index (χ3v) is 9.34. The molecule has 0 amide bonds. The number of imidazole rings is 1. The molecule has 0 saturated carbocycles. The predicted molar refractivity (Wildman–Crippen MR) is 218 cm³/mol. The molecule has 0 aliphatic heterocycles. The van der Waals surface area contributed by atoms with E-state index in [-0.39, 0.29) is 31.1 Å². The molecule has 3 aromatic heterocycles. The monoisotopic (exact) mass is 881 g/mol. The number of hydrogen-bond donors (Lipinski definition) is 0. The molecule has 0 aliphatic rings. The molecule has 6 aromatic carbocycles. The van der Waals surface area contributed by atoms with Gasteiger partial charge in [-0.15, -0.1) is 35.9 Å². The molecule has 5 heteroatoms. The van der Waals surface area contributed by atoms with Crippen molar-refractivity contribution in [2.45, 2.75) is 33.0 Å². The van der Waals surface area contributed by atoms with Crippen LogP contribution in [0.4, 0.5) is 0 Å². The van der Waals surface area contributed by atoms with Crippen molar-refractivity contribution in [2.75, 3.05) is 0 Å². The van der Waals surface area contributed by atoms with E-state index in [9.17, 15) is 0 Å². The minimum absolute atomic E-state index is 0. The largest absolute Gasteiger partial charge is 0.557 e. The summed E-state index contributed by atoms with van der Waals surface area (Å²) >= 11 is 0. The van der Waals surface area contributed by atoms with Gasteiger partial charge < -0.3 is 14.0 Å². The minimum Gasteiger partial charge on any atom is -0.557 e. The maximum absolute atomic E-state index is 7.23. The molecule has 54 heavy (non-hydrogen) atoms. The van der Waals surface area contributed by atoms with Gasteiger partial charge in [0.15, 0.2) is 0 Å². The van der Waals surface area contributed by atoms with E-state index in [4.69, 9.17) is 13.5 Å². The van der Waals surface area contributed by atoms with Gasteiger partial charge in [0.2, 0.25) is 0 Å². The predicted octanol–water partition coefficient (Wildman–Crippen LogP) is 12.7. The maximum Gasteiger partial charge on any atom is 0.0774 e. The first-order valence-electron chi connectivity index (χ1n) is 19.2. The second-order valence-electron chi connectivity index (χ2n) is 13.9. The topological polar surface area (TPSA) is 43.9 Å². The average Bonchev–Trinajstić information content (AvgIpc) is 3.82. The summed E-state index contributed by atoms with van der Waals surface area (Å²) in [5.74, 6) is 0.812. The van der Waals surface area contributed by atoms with Crippen molar-refractivity contribution < 1.29 is 28.6 Å². The Morgan fingerprint density at radius 1 is 0.704 bits per heavy atom. The van der Waals surface area contributed by atoms with Gasteiger partial charge in [0, 0.05) is 53.4 Å². The Balaban J connectivity index is 0.000000246. The van der Waals surface area contributed by atoms with Gasteiger partial charge >= 0.3 is 0 Å². The molecule has 9 rings (SSSR count). The number of aryl methyl sites for hydroxylation is 1. The number of nitrogens with zero attached hydrogens (tertiary/aromatic N) is 3. The fourth-order valence-electron chi connectivity index (χ4n) is 6.62. The molecule has 9 aromatic rings. The third-order valence-electron chi connectivity index (χ3n) is 9.34. The molecule has 0 atom stereocenters. The first kappa shape index (κ1) is 32.8. The normalized spacial score (nSPS) is 12.2. The van der Waals surface area contributed by atoms with E-state index in [1.165, 1.54) is 11.8 Å². The Labute approximate surface area is 334 Å². The van der Waals surface area contributed by atoms with Gasteiger partial charge in [-0.05, 0) is 46.8 Å². The first-order valence-corrected chi connectivity index (χ1v) is 17.7. The molecule has 0 saturated heterocycles. The summed E-state index contributed by atoms with van der Waals surface area (Å²) in [6, 6.07) is 56.2. The van der Waals surface area contributed by atoms with Gasteiger partial charge in [0.1, 0.15) is 0 Å². The van der Waals surface area contributed by atoms with Crippen LogP contribution >= 0.6 is 0 Å². The van der Waals surface area contributed by atoms with Crippen molar-refractivity contribution in [1.82, 2.24) is 14.5 Å². The van der Waals surface area contributed by atoms with Crippen molar-refractivity contribution in [3.8, 4) is 50.6 Å². The molecular formula is C49H39IrN3O-2. The van der Waals surface area contributed by atoms with Gasteiger partial charge in [0.25, 0.3) is 0 Å². The molecule has 4 nitrogen and oxygen atoms in total. The van der Waals surface area contributed by atoms with Gasteiger partial charge in [0.05, 0.1) is 22.5 Å². The van der Waals surface area contributed by atoms with Crippen LogP contribution in [0.5, 0.6) is 0 Å². The summed E-state index contributed by atoms with van der Waals surface area (Å²) in [4.78, 5) is 9.34. The van der Waals surface area contributed by atoms with Crippen LogP contribution in [-0.4, -0.2) is 14.5 Å². The third kappa shape index (κ3) is 7.34. The molecular weight excluding hydrogens is 839 g/mol. The van der Waals surface area contributed by atoms with Gasteiger partial charge in [-0.25, -0.2) is 0 Å². The smallest absolute Gasteiger partial charge is 0.0774 e. The Morgan fingerprint density at radius 3 is 2.02 bits per heavy atom. The van der Waals surface area contributed by atoms with Crippen molar-refractivity contribution in [1.29, 1.82) is 0 Å². The van der Waals surface area contributed by atoms with E-state index in [1.807, 2.05) is 24.3 Å². The van der Waals surface area contributed by atoms with Gasteiger partial charge in [-0.3, -0.25) is 4.98 Å². The molecule has 267 valence electrons. The SMILES string of the molecule is CC(C)(C)c1ccc2o[c-]c(-c3nc4ccccc4n3-c3c(-c4ccccc4)cccc3-c3ccccc3)c2c1.[2H]C([2H])([2H])c1ccc(-c2[c-]cccc2)nc1.[Ir]. The van der Waals surface area contributed by atoms with E-state index in [0.29, 0.717) is 0 Å². The van der Waals surface area contributed by atoms with E-state index < -0.39 is 6.85 Å². The number of furan rings is 1. The average molecular weight is 881 g/mol. The van der Waals surface area contributed by atoms with Crippen LogP contribution in [0.3, 0.4) is 0 Å². The van der Waals surface area contributed by atoms with Crippen LogP contribution in [-0.2, 0) is 25.5 Å². The fraction of sp³-hybridized carbons (Fsp3) is 0.102. The van der Waals surface area contributed by atoms with Crippen molar-refractivity contribution >= 4 is 22.0 Å². The summed E-state index contributed by atoms with van der Waals surface area (Å²) in [5.41, 5.74) is 12.4. The molecule has 0 spiro atoms. The van der Waals surface area contributed by atoms with Crippen molar-refractivity contribution in [3.63, 3.8) is 0 Å². The van der Waals surface area contributed by atoms with Crippen molar-refractivity contribution in [3.05, 3.63) is 187 Å². The maximum atomic E-state index is 7.23. The quantitative estimate of drug-likeness (QED) is 0.162. The molecule has 0 aliphatic carbocycles. The van der Waals surface area contributed by atoms with Crippen molar-refractivity contribution in [2.24, 2.45) is 0 Å². The summed E-state index contributed by atoms with van der Waals surface area (Å²) in [6.45, 7) is 4.60. The number of para-hydroxylation sites is 3. The number of rotatable bonds is 5.